The van der Waals surface area contributed by atoms with Crippen molar-refractivity contribution in [3.8, 4) is 0 Å². The van der Waals surface area contributed by atoms with E-state index in [9.17, 15) is 13.2 Å². The van der Waals surface area contributed by atoms with Crippen molar-refractivity contribution in [3.63, 3.8) is 0 Å². The van der Waals surface area contributed by atoms with Crippen LogP contribution in [0, 0.1) is 0 Å². The van der Waals surface area contributed by atoms with Gasteiger partial charge in [-0.25, -0.2) is 8.42 Å². The predicted octanol–water partition coefficient (Wildman–Crippen LogP) is 0.0548. The number of amides is 1. The molecule has 5 nitrogen and oxygen atoms in total. The summed E-state index contributed by atoms with van der Waals surface area (Å²) in [5.74, 6) is -0.134. The van der Waals surface area contributed by atoms with Crippen LogP contribution in [-0.2, 0) is 14.6 Å². The minimum Gasteiger partial charge on any atom is -0.354 e. The molecule has 1 amide bonds. The van der Waals surface area contributed by atoms with Gasteiger partial charge in [0.2, 0.25) is 5.91 Å². The van der Waals surface area contributed by atoms with Crippen molar-refractivity contribution in [2.24, 2.45) is 5.73 Å². The Morgan fingerprint density at radius 3 is 2.44 bits per heavy atom. The standard InChI is InChI=1S/C10H22N2O3S/c1-4-6-10(2,11)9(13)12-7-5-8-16(3,14)15/h4-8,11H2,1-3H3,(H,12,13). The molecule has 1 unspecified atom stereocenters. The molecule has 0 bridgehead atoms. The number of carbonyl (C=O) groups excluding carboxylic acids is 1. The van der Waals surface area contributed by atoms with Gasteiger partial charge in [0.25, 0.3) is 0 Å². The van der Waals surface area contributed by atoms with Crippen molar-refractivity contribution in [1.82, 2.24) is 5.32 Å². The lowest BCUT2D eigenvalue weighted by atomic mass is 9.96. The van der Waals surface area contributed by atoms with E-state index < -0.39 is 15.4 Å². The summed E-state index contributed by atoms with van der Waals surface area (Å²) in [7, 11) is -2.95. The summed E-state index contributed by atoms with van der Waals surface area (Å²) < 4.78 is 21.7. The first kappa shape index (κ1) is 15.4. The largest absolute Gasteiger partial charge is 0.354 e. The van der Waals surface area contributed by atoms with Crippen LogP contribution in [0.1, 0.15) is 33.1 Å². The maximum atomic E-state index is 11.6. The third kappa shape index (κ3) is 6.79. The molecule has 0 aliphatic carbocycles. The molecule has 0 saturated carbocycles. The second-order valence-electron chi connectivity index (χ2n) is 4.41. The van der Waals surface area contributed by atoms with E-state index in [1.54, 1.807) is 6.92 Å². The molecule has 0 heterocycles. The van der Waals surface area contributed by atoms with Crippen molar-refractivity contribution in [1.29, 1.82) is 0 Å². The topological polar surface area (TPSA) is 89.3 Å². The molecule has 0 radical (unpaired) electrons. The average Bonchev–Trinajstić information content (AvgIpc) is 2.10. The van der Waals surface area contributed by atoms with Gasteiger partial charge in [-0.2, -0.15) is 0 Å². The van der Waals surface area contributed by atoms with Crippen LogP contribution in [-0.4, -0.2) is 38.4 Å². The Balaban J connectivity index is 3.90. The maximum absolute atomic E-state index is 11.6. The Bertz CT molecular complexity index is 323. The average molecular weight is 250 g/mol. The molecule has 0 aromatic rings. The van der Waals surface area contributed by atoms with Gasteiger partial charge in [-0.3, -0.25) is 4.79 Å². The van der Waals surface area contributed by atoms with Crippen molar-refractivity contribution in [2.75, 3.05) is 18.6 Å². The highest BCUT2D eigenvalue weighted by molar-refractivity contribution is 7.90. The highest BCUT2D eigenvalue weighted by Crippen LogP contribution is 2.08. The molecule has 16 heavy (non-hydrogen) atoms. The second kappa shape index (κ2) is 6.20. The van der Waals surface area contributed by atoms with Gasteiger partial charge in [0.1, 0.15) is 9.84 Å². The lowest BCUT2D eigenvalue weighted by molar-refractivity contribution is -0.126. The molecule has 0 aromatic carbocycles. The van der Waals surface area contributed by atoms with Crippen LogP contribution in [0.25, 0.3) is 0 Å². The summed E-state index contributed by atoms with van der Waals surface area (Å²) >= 11 is 0. The normalized spacial score (nSPS) is 15.5. The first-order valence-electron chi connectivity index (χ1n) is 5.44. The van der Waals surface area contributed by atoms with E-state index in [0.29, 0.717) is 19.4 Å². The smallest absolute Gasteiger partial charge is 0.239 e. The minimum absolute atomic E-state index is 0.0857. The molecular weight excluding hydrogens is 228 g/mol. The fourth-order valence-corrected chi connectivity index (χ4v) is 2.04. The summed E-state index contributed by atoms with van der Waals surface area (Å²) in [6, 6.07) is 0. The highest BCUT2D eigenvalue weighted by atomic mass is 32.2. The molecule has 0 aromatic heterocycles. The van der Waals surface area contributed by atoms with E-state index in [4.69, 9.17) is 5.73 Å². The van der Waals surface area contributed by atoms with Crippen LogP contribution in [0.2, 0.25) is 0 Å². The number of hydrogen-bond donors (Lipinski definition) is 2. The third-order valence-corrected chi connectivity index (χ3v) is 3.30. The van der Waals surface area contributed by atoms with E-state index in [1.165, 1.54) is 6.26 Å². The van der Waals surface area contributed by atoms with E-state index in [2.05, 4.69) is 5.32 Å². The van der Waals surface area contributed by atoms with Crippen LogP contribution >= 0.6 is 0 Å². The second-order valence-corrected chi connectivity index (χ2v) is 6.67. The quantitative estimate of drug-likeness (QED) is 0.625. The molecule has 3 N–H and O–H groups in total. The van der Waals surface area contributed by atoms with Gasteiger partial charge in [-0.15, -0.1) is 0 Å². The molecule has 0 aliphatic rings. The van der Waals surface area contributed by atoms with Gasteiger partial charge in [0.15, 0.2) is 0 Å². The molecule has 0 aliphatic heterocycles. The van der Waals surface area contributed by atoms with Gasteiger partial charge in [0.05, 0.1) is 11.3 Å². The Morgan fingerprint density at radius 1 is 1.44 bits per heavy atom. The van der Waals surface area contributed by atoms with Crippen molar-refractivity contribution < 1.29 is 13.2 Å². The summed E-state index contributed by atoms with van der Waals surface area (Å²) in [4.78, 5) is 11.6. The summed E-state index contributed by atoms with van der Waals surface area (Å²) in [6.45, 7) is 3.99. The van der Waals surface area contributed by atoms with Crippen LogP contribution in [0.4, 0.5) is 0 Å². The Labute approximate surface area is 97.7 Å². The molecule has 0 fully saturated rings. The van der Waals surface area contributed by atoms with Gasteiger partial charge in [-0.1, -0.05) is 13.3 Å². The minimum atomic E-state index is -2.95. The molecular formula is C10H22N2O3S. The fourth-order valence-electron chi connectivity index (χ4n) is 1.37. The van der Waals surface area contributed by atoms with Gasteiger partial charge >= 0.3 is 0 Å². The lowest BCUT2D eigenvalue weighted by Gasteiger charge is -2.22. The van der Waals surface area contributed by atoms with E-state index >= 15 is 0 Å². The summed E-state index contributed by atoms with van der Waals surface area (Å²) in [5.41, 5.74) is 4.95. The van der Waals surface area contributed by atoms with Gasteiger partial charge in [0, 0.05) is 12.8 Å². The fraction of sp³-hybridized carbons (Fsp3) is 0.900. The van der Waals surface area contributed by atoms with E-state index in [-0.39, 0.29) is 11.7 Å². The number of hydrogen-bond acceptors (Lipinski definition) is 4. The first-order chi connectivity index (χ1) is 7.19. The number of nitrogens with one attached hydrogen (secondary N) is 1. The first-order valence-corrected chi connectivity index (χ1v) is 7.50. The molecule has 0 rings (SSSR count). The van der Waals surface area contributed by atoms with Crippen molar-refractivity contribution in [2.45, 2.75) is 38.6 Å². The number of sulfone groups is 1. The zero-order valence-electron chi connectivity index (χ0n) is 10.2. The van der Waals surface area contributed by atoms with Crippen molar-refractivity contribution in [3.05, 3.63) is 0 Å². The van der Waals surface area contributed by atoms with Crippen molar-refractivity contribution >= 4 is 15.7 Å². The Morgan fingerprint density at radius 2 is 2.00 bits per heavy atom. The van der Waals surface area contributed by atoms with Gasteiger partial charge < -0.3 is 11.1 Å². The molecule has 96 valence electrons. The van der Waals surface area contributed by atoms with E-state index in [0.717, 1.165) is 6.42 Å². The third-order valence-electron chi connectivity index (χ3n) is 2.27. The van der Waals surface area contributed by atoms with Crippen LogP contribution in [0.15, 0.2) is 0 Å². The van der Waals surface area contributed by atoms with E-state index in [1.807, 2.05) is 6.92 Å². The van der Waals surface area contributed by atoms with Crippen LogP contribution < -0.4 is 11.1 Å². The molecule has 0 spiro atoms. The lowest BCUT2D eigenvalue weighted by Crippen LogP contribution is -2.51. The predicted molar refractivity (Wildman–Crippen MR) is 64.8 cm³/mol. The van der Waals surface area contributed by atoms with Crippen LogP contribution in [0.5, 0.6) is 0 Å². The number of carbonyl (C=O) groups is 1. The number of nitrogens with two attached hydrogens (primary N) is 1. The Kier molecular flexibility index (Phi) is 5.96. The SMILES string of the molecule is CCCC(C)(N)C(=O)NCCCS(C)(=O)=O. The maximum Gasteiger partial charge on any atom is 0.239 e. The number of rotatable bonds is 7. The van der Waals surface area contributed by atoms with Gasteiger partial charge in [-0.05, 0) is 19.8 Å². The Hall–Kier alpha value is -0.620. The highest BCUT2D eigenvalue weighted by Gasteiger charge is 2.26. The molecule has 1 atom stereocenters. The zero-order valence-corrected chi connectivity index (χ0v) is 11.1. The van der Waals surface area contributed by atoms with Crippen LogP contribution in [0.3, 0.4) is 0 Å². The molecule has 6 heteroatoms. The zero-order chi connectivity index (χ0) is 12.8. The summed E-state index contributed by atoms with van der Waals surface area (Å²) in [6.07, 6.45) is 3.06. The monoisotopic (exact) mass is 250 g/mol. The molecule has 0 saturated heterocycles. The summed E-state index contributed by atoms with van der Waals surface area (Å²) in [5, 5.41) is 2.65.